The molecule has 5 heteroatoms. The van der Waals surface area contributed by atoms with E-state index in [-0.39, 0.29) is 18.3 Å². The molecule has 122 valence electrons. The Kier molecular flexibility index (Phi) is 5.57. The standard InChI is InChI=1S/C18H20FNO3/c1-12-4-5-14(10-17(12)19)11-20-18(21)13(2)23-16-8-6-15(22-3)7-9-16/h4-10,13H,11H2,1-3H3,(H,20,21). The highest BCUT2D eigenvalue weighted by atomic mass is 19.1. The number of hydrogen-bond acceptors (Lipinski definition) is 3. The van der Waals surface area contributed by atoms with Crippen molar-refractivity contribution in [2.75, 3.05) is 7.11 Å². The molecule has 0 fully saturated rings. The van der Waals surface area contributed by atoms with Crippen LogP contribution in [0.5, 0.6) is 11.5 Å². The third-order valence-corrected chi connectivity index (χ3v) is 3.44. The monoisotopic (exact) mass is 317 g/mol. The summed E-state index contributed by atoms with van der Waals surface area (Å²) in [5, 5.41) is 2.73. The van der Waals surface area contributed by atoms with Gasteiger partial charge in [0, 0.05) is 6.54 Å². The van der Waals surface area contributed by atoms with Gasteiger partial charge in [0.05, 0.1) is 7.11 Å². The largest absolute Gasteiger partial charge is 0.497 e. The Bertz CT molecular complexity index is 670. The topological polar surface area (TPSA) is 47.6 Å². The second kappa shape index (κ2) is 7.63. The van der Waals surface area contributed by atoms with Gasteiger partial charge in [-0.15, -0.1) is 0 Å². The first-order valence-corrected chi connectivity index (χ1v) is 7.33. The molecule has 0 radical (unpaired) electrons. The zero-order chi connectivity index (χ0) is 16.8. The molecule has 1 unspecified atom stereocenters. The lowest BCUT2D eigenvalue weighted by molar-refractivity contribution is -0.127. The maximum Gasteiger partial charge on any atom is 0.261 e. The Morgan fingerprint density at radius 3 is 2.43 bits per heavy atom. The van der Waals surface area contributed by atoms with Crippen molar-refractivity contribution in [1.29, 1.82) is 0 Å². The predicted molar refractivity (Wildman–Crippen MR) is 86.1 cm³/mol. The van der Waals surface area contributed by atoms with Crippen LogP contribution in [0, 0.1) is 12.7 Å². The summed E-state index contributed by atoms with van der Waals surface area (Å²) in [6, 6.07) is 11.9. The summed E-state index contributed by atoms with van der Waals surface area (Å²) >= 11 is 0. The quantitative estimate of drug-likeness (QED) is 0.890. The van der Waals surface area contributed by atoms with Gasteiger partial charge < -0.3 is 14.8 Å². The number of nitrogens with one attached hydrogen (secondary N) is 1. The number of rotatable bonds is 6. The average molecular weight is 317 g/mol. The van der Waals surface area contributed by atoms with Gasteiger partial charge in [0.15, 0.2) is 6.10 Å². The number of carbonyl (C=O) groups excluding carboxylic acids is 1. The van der Waals surface area contributed by atoms with E-state index in [1.807, 2.05) is 0 Å². The zero-order valence-corrected chi connectivity index (χ0v) is 13.4. The Balaban J connectivity index is 1.87. The lowest BCUT2D eigenvalue weighted by Gasteiger charge is -2.15. The Labute approximate surface area is 135 Å². The van der Waals surface area contributed by atoms with Gasteiger partial charge in [-0.3, -0.25) is 4.79 Å². The number of benzene rings is 2. The van der Waals surface area contributed by atoms with E-state index in [0.717, 1.165) is 5.75 Å². The van der Waals surface area contributed by atoms with Gasteiger partial charge in [-0.05, 0) is 55.3 Å². The molecule has 23 heavy (non-hydrogen) atoms. The second-order valence-electron chi connectivity index (χ2n) is 5.24. The first kappa shape index (κ1) is 16.8. The van der Waals surface area contributed by atoms with Crippen LogP contribution in [-0.2, 0) is 11.3 Å². The number of methoxy groups -OCH3 is 1. The van der Waals surface area contributed by atoms with Gasteiger partial charge >= 0.3 is 0 Å². The minimum Gasteiger partial charge on any atom is -0.497 e. The SMILES string of the molecule is COc1ccc(OC(C)C(=O)NCc2ccc(C)c(F)c2)cc1. The van der Waals surface area contributed by atoms with E-state index < -0.39 is 6.10 Å². The van der Waals surface area contributed by atoms with E-state index >= 15 is 0 Å². The Hall–Kier alpha value is -2.56. The van der Waals surface area contributed by atoms with E-state index in [1.54, 1.807) is 57.4 Å². The average Bonchev–Trinajstić information content (AvgIpc) is 2.56. The third-order valence-electron chi connectivity index (χ3n) is 3.44. The van der Waals surface area contributed by atoms with E-state index in [9.17, 15) is 9.18 Å². The molecule has 0 saturated carbocycles. The molecule has 2 aromatic carbocycles. The molecular weight excluding hydrogens is 297 g/mol. The predicted octanol–water partition coefficient (Wildman–Crippen LogP) is 3.23. The molecule has 1 atom stereocenters. The molecule has 0 heterocycles. The van der Waals surface area contributed by atoms with Crippen LogP contribution >= 0.6 is 0 Å². The summed E-state index contributed by atoms with van der Waals surface area (Å²) in [7, 11) is 1.58. The number of halogens is 1. The van der Waals surface area contributed by atoms with Gasteiger partial charge in [0.1, 0.15) is 17.3 Å². The second-order valence-corrected chi connectivity index (χ2v) is 5.24. The molecule has 0 bridgehead atoms. The van der Waals surface area contributed by atoms with Crippen LogP contribution in [0.3, 0.4) is 0 Å². The highest BCUT2D eigenvalue weighted by Gasteiger charge is 2.14. The van der Waals surface area contributed by atoms with E-state index in [2.05, 4.69) is 5.32 Å². The smallest absolute Gasteiger partial charge is 0.261 e. The third kappa shape index (κ3) is 4.71. The van der Waals surface area contributed by atoms with E-state index in [0.29, 0.717) is 16.9 Å². The first-order valence-electron chi connectivity index (χ1n) is 7.33. The van der Waals surface area contributed by atoms with Gasteiger partial charge in [0.2, 0.25) is 0 Å². The highest BCUT2D eigenvalue weighted by molar-refractivity contribution is 5.80. The van der Waals surface area contributed by atoms with Gasteiger partial charge in [-0.1, -0.05) is 12.1 Å². The fraction of sp³-hybridized carbons (Fsp3) is 0.278. The normalized spacial score (nSPS) is 11.7. The van der Waals surface area contributed by atoms with Gasteiger partial charge in [-0.25, -0.2) is 4.39 Å². The fourth-order valence-corrected chi connectivity index (χ4v) is 1.99. The molecule has 2 rings (SSSR count). The first-order chi connectivity index (χ1) is 11.0. The molecule has 1 N–H and O–H groups in total. The molecule has 0 aliphatic carbocycles. The summed E-state index contributed by atoms with van der Waals surface area (Å²) in [6.45, 7) is 3.62. The maximum atomic E-state index is 13.5. The minimum absolute atomic E-state index is 0.256. The van der Waals surface area contributed by atoms with Crippen LogP contribution < -0.4 is 14.8 Å². The molecule has 0 spiro atoms. The van der Waals surface area contributed by atoms with Crippen molar-refractivity contribution in [2.24, 2.45) is 0 Å². The van der Waals surface area contributed by atoms with Crippen LogP contribution in [0.15, 0.2) is 42.5 Å². The van der Waals surface area contributed by atoms with Crippen molar-refractivity contribution < 1.29 is 18.7 Å². The highest BCUT2D eigenvalue weighted by Crippen LogP contribution is 2.18. The molecule has 0 aromatic heterocycles. The molecular formula is C18H20FNO3. The zero-order valence-electron chi connectivity index (χ0n) is 13.4. The van der Waals surface area contributed by atoms with Crippen molar-refractivity contribution in [1.82, 2.24) is 5.32 Å². The summed E-state index contributed by atoms with van der Waals surface area (Å²) in [4.78, 5) is 12.0. The summed E-state index contributed by atoms with van der Waals surface area (Å²) in [6.07, 6.45) is -0.654. The molecule has 1 amide bonds. The van der Waals surface area contributed by atoms with E-state index in [1.165, 1.54) is 6.07 Å². The van der Waals surface area contributed by atoms with Crippen LogP contribution in [0.4, 0.5) is 4.39 Å². The van der Waals surface area contributed by atoms with Crippen molar-refractivity contribution >= 4 is 5.91 Å². The van der Waals surface area contributed by atoms with Crippen molar-refractivity contribution in [3.8, 4) is 11.5 Å². The van der Waals surface area contributed by atoms with Gasteiger partial charge in [-0.2, -0.15) is 0 Å². The number of hydrogen-bond donors (Lipinski definition) is 1. The number of ether oxygens (including phenoxy) is 2. The maximum absolute atomic E-state index is 13.5. The van der Waals surface area contributed by atoms with Crippen molar-refractivity contribution in [3.05, 3.63) is 59.4 Å². The summed E-state index contributed by atoms with van der Waals surface area (Å²) < 4.78 is 24.1. The lowest BCUT2D eigenvalue weighted by atomic mass is 10.1. The molecule has 2 aromatic rings. The minimum atomic E-state index is -0.654. The molecule has 0 saturated heterocycles. The molecule has 4 nitrogen and oxygen atoms in total. The van der Waals surface area contributed by atoms with Crippen LogP contribution in [0.1, 0.15) is 18.1 Å². The number of amides is 1. The molecule has 0 aliphatic rings. The summed E-state index contributed by atoms with van der Waals surface area (Å²) in [5.74, 6) is 0.756. The van der Waals surface area contributed by atoms with Crippen LogP contribution in [-0.4, -0.2) is 19.1 Å². The van der Waals surface area contributed by atoms with Crippen LogP contribution in [0.25, 0.3) is 0 Å². The van der Waals surface area contributed by atoms with Crippen LogP contribution in [0.2, 0.25) is 0 Å². The Morgan fingerprint density at radius 2 is 1.83 bits per heavy atom. The fourth-order valence-electron chi connectivity index (χ4n) is 1.99. The van der Waals surface area contributed by atoms with Crippen molar-refractivity contribution in [2.45, 2.75) is 26.5 Å². The Morgan fingerprint density at radius 1 is 1.17 bits per heavy atom. The van der Waals surface area contributed by atoms with Crippen molar-refractivity contribution in [3.63, 3.8) is 0 Å². The van der Waals surface area contributed by atoms with E-state index in [4.69, 9.17) is 9.47 Å². The van der Waals surface area contributed by atoms with Gasteiger partial charge in [0.25, 0.3) is 5.91 Å². The molecule has 0 aliphatic heterocycles. The number of aryl methyl sites for hydroxylation is 1. The lowest BCUT2D eigenvalue weighted by Crippen LogP contribution is -2.35. The number of carbonyl (C=O) groups is 1. The summed E-state index contributed by atoms with van der Waals surface area (Å²) in [5.41, 5.74) is 1.29.